The molecule has 0 aromatic heterocycles. The minimum Gasteiger partial charge on any atom is -0.497 e. The summed E-state index contributed by atoms with van der Waals surface area (Å²) >= 11 is 0. The molecule has 3 N–H and O–H groups in total. The van der Waals surface area contributed by atoms with E-state index >= 15 is 0 Å². The summed E-state index contributed by atoms with van der Waals surface area (Å²) in [6.07, 6.45) is 2.33. The maximum Gasteiger partial charge on any atom is 0.237 e. The number of rotatable bonds is 5. The fraction of sp³-hybridized carbons (Fsp3) is 0.500. The zero-order valence-electron chi connectivity index (χ0n) is 11.3. The van der Waals surface area contributed by atoms with Crippen LogP contribution in [-0.4, -0.2) is 19.1 Å². The van der Waals surface area contributed by atoms with Crippen LogP contribution in [0, 0.1) is 5.92 Å². The minimum absolute atomic E-state index is 0. The highest BCUT2D eigenvalue weighted by atomic mass is 35.5. The molecule has 2 unspecified atom stereocenters. The predicted octanol–water partition coefficient (Wildman–Crippen LogP) is 2.03. The summed E-state index contributed by atoms with van der Waals surface area (Å²) in [5.74, 6) is 1.27. The molecular weight excluding hydrogens is 264 g/mol. The third-order valence-electron chi connectivity index (χ3n) is 3.28. The molecule has 0 aliphatic heterocycles. The van der Waals surface area contributed by atoms with Crippen molar-refractivity contribution < 1.29 is 9.53 Å². The standard InChI is InChI=1S/C14H20N2O2.ClH/c1-9(15)14(17)16-13(10-3-4-10)11-5-7-12(18-2)8-6-11;/h5-10,13H,3-4,15H2,1-2H3,(H,16,17);1H. The van der Waals surface area contributed by atoms with Gasteiger partial charge in [0.15, 0.2) is 0 Å². The third-order valence-corrected chi connectivity index (χ3v) is 3.28. The number of carbonyl (C=O) groups excluding carboxylic acids is 1. The van der Waals surface area contributed by atoms with E-state index in [4.69, 9.17) is 10.5 Å². The van der Waals surface area contributed by atoms with Crippen LogP contribution in [0.3, 0.4) is 0 Å². The Morgan fingerprint density at radius 1 is 1.37 bits per heavy atom. The van der Waals surface area contributed by atoms with E-state index in [-0.39, 0.29) is 24.4 Å². The lowest BCUT2D eigenvalue weighted by atomic mass is 10.0. The third kappa shape index (κ3) is 4.11. The Morgan fingerprint density at radius 2 is 1.95 bits per heavy atom. The fourth-order valence-corrected chi connectivity index (χ4v) is 2.00. The van der Waals surface area contributed by atoms with Crippen molar-refractivity contribution in [2.45, 2.75) is 31.8 Å². The highest BCUT2D eigenvalue weighted by Gasteiger charge is 2.33. The van der Waals surface area contributed by atoms with Crippen molar-refractivity contribution in [2.75, 3.05) is 7.11 Å². The van der Waals surface area contributed by atoms with Gasteiger partial charge in [-0.2, -0.15) is 0 Å². The predicted molar refractivity (Wildman–Crippen MR) is 77.5 cm³/mol. The summed E-state index contributed by atoms with van der Waals surface area (Å²) in [5.41, 5.74) is 6.71. The maximum atomic E-state index is 11.7. The first kappa shape index (κ1) is 15.8. The normalized spacial score (nSPS) is 17.0. The molecule has 5 heteroatoms. The van der Waals surface area contributed by atoms with Crippen LogP contribution in [0.5, 0.6) is 5.75 Å². The molecule has 0 radical (unpaired) electrons. The lowest BCUT2D eigenvalue weighted by Crippen LogP contribution is -2.40. The van der Waals surface area contributed by atoms with E-state index < -0.39 is 6.04 Å². The zero-order chi connectivity index (χ0) is 13.1. The van der Waals surface area contributed by atoms with E-state index in [2.05, 4.69) is 5.32 Å². The van der Waals surface area contributed by atoms with Crippen LogP contribution in [-0.2, 0) is 4.79 Å². The molecule has 106 valence electrons. The molecule has 0 heterocycles. The number of nitrogens with two attached hydrogens (primary N) is 1. The number of halogens is 1. The average molecular weight is 285 g/mol. The second-order valence-corrected chi connectivity index (χ2v) is 4.89. The molecule has 1 saturated carbocycles. The Bertz CT molecular complexity index is 416. The van der Waals surface area contributed by atoms with Gasteiger partial charge in [-0.25, -0.2) is 0 Å². The van der Waals surface area contributed by atoms with Crippen LogP contribution in [0.4, 0.5) is 0 Å². The Kier molecular flexibility index (Phi) is 5.63. The SMILES string of the molecule is COc1ccc(C(NC(=O)C(C)N)C2CC2)cc1.Cl. The first-order valence-electron chi connectivity index (χ1n) is 6.31. The molecule has 1 aromatic carbocycles. The molecule has 1 aliphatic carbocycles. The molecule has 0 spiro atoms. The van der Waals surface area contributed by atoms with Crippen molar-refractivity contribution in [1.82, 2.24) is 5.32 Å². The van der Waals surface area contributed by atoms with Gasteiger partial charge in [-0.1, -0.05) is 12.1 Å². The van der Waals surface area contributed by atoms with Crippen LogP contribution < -0.4 is 15.8 Å². The van der Waals surface area contributed by atoms with Crippen molar-refractivity contribution in [1.29, 1.82) is 0 Å². The van der Waals surface area contributed by atoms with Crippen LogP contribution in [0.2, 0.25) is 0 Å². The topological polar surface area (TPSA) is 64.3 Å². The summed E-state index contributed by atoms with van der Waals surface area (Å²) in [6, 6.07) is 7.46. The van der Waals surface area contributed by atoms with Crippen LogP contribution in [0.1, 0.15) is 31.4 Å². The van der Waals surface area contributed by atoms with Gasteiger partial charge in [0, 0.05) is 0 Å². The lowest BCUT2D eigenvalue weighted by Gasteiger charge is -2.20. The number of amides is 1. The second kappa shape index (κ2) is 6.78. The molecule has 1 amide bonds. The van der Waals surface area contributed by atoms with E-state index in [1.807, 2.05) is 24.3 Å². The van der Waals surface area contributed by atoms with Crippen LogP contribution in [0.25, 0.3) is 0 Å². The number of nitrogens with one attached hydrogen (secondary N) is 1. The summed E-state index contributed by atoms with van der Waals surface area (Å²) < 4.78 is 5.14. The Labute approximate surface area is 120 Å². The number of ether oxygens (including phenoxy) is 1. The zero-order valence-corrected chi connectivity index (χ0v) is 12.1. The van der Waals surface area contributed by atoms with Gasteiger partial charge < -0.3 is 15.8 Å². The molecule has 19 heavy (non-hydrogen) atoms. The van der Waals surface area contributed by atoms with Gasteiger partial charge in [0.2, 0.25) is 5.91 Å². The highest BCUT2D eigenvalue weighted by molar-refractivity contribution is 5.85. The van der Waals surface area contributed by atoms with E-state index in [1.165, 1.54) is 0 Å². The average Bonchev–Trinajstić information content (AvgIpc) is 3.20. The van der Waals surface area contributed by atoms with Crippen LogP contribution in [0.15, 0.2) is 24.3 Å². The van der Waals surface area contributed by atoms with Crippen molar-refractivity contribution in [2.24, 2.45) is 11.7 Å². The van der Waals surface area contributed by atoms with Crippen molar-refractivity contribution >= 4 is 18.3 Å². The number of methoxy groups -OCH3 is 1. The number of benzene rings is 1. The summed E-state index contributed by atoms with van der Waals surface area (Å²) in [4.78, 5) is 11.7. The number of carbonyl (C=O) groups is 1. The smallest absolute Gasteiger partial charge is 0.237 e. The summed E-state index contributed by atoms with van der Waals surface area (Å²) in [6.45, 7) is 1.70. The lowest BCUT2D eigenvalue weighted by molar-refractivity contribution is -0.122. The molecule has 4 nitrogen and oxygen atoms in total. The fourth-order valence-electron chi connectivity index (χ4n) is 2.00. The first-order valence-corrected chi connectivity index (χ1v) is 6.31. The number of hydrogen-bond donors (Lipinski definition) is 2. The van der Waals surface area contributed by atoms with E-state index in [0.717, 1.165) is 24.2 Å². The van der Waals surface area contributed by atoms with Crippen molar-refractivity contribution in [3.05, 3.63) is 29.8 Å². The summed E-state index contributed by atoms with van der Waals surface area (Å²) in [7, 11) is 1.64. The molecule has 2 rings (SSSR count). The Balaban J connectivity index is 0.00000180. The first-order chi connectivity index (χ1) is 8.61. The van der Waals surface area contributed by atoms with Gasteiger partial charge in [-0.05, 0) is 43.4 Å². The van der Waals surface area contributed by atoms with Gasteiger partial charge in [-0.3, -0.25) is 4.79 Å². The quantitative estimate of drug-likeness (QED) is 0.870. The molecule has 1 fully saturated rings. The van der Waals surface area contributed by atoms with Crippen LogP contribution >= 0.6 is 12.4 Å². The molecule has 0 saturated heterocycles. The van der Waals surface area contributed by atoms with Crippen molar-refractivity contribution in [3.8, 4) is 5.75 Å². The Morgan fingerprint density at radius 3 is 2.37 bits per heavy atom. The number of hydrogen-bond acceptors (Lipinski definition) is 3. The molecule has 0 bridgehead atoms. The van der Waals surface area contributed by atoms with Gasteiger partial charge in [0.25, 0.3) is 0 Å². The van der Waals surface area contributed by atoms with Crippen molar-refractivity contribution in [3.63, 3.8) is 0 Å². The molecular formula is C14H21ClN2O2. The Hall–Kier alpha value is -1.26. The second-order valence-electron chi connectivity index (χ2n) is 4.89. The minimum atomic E-state index is -0.468. The summed E-state index contributed by atoms with van der Waals surface area (Å²) in [5, 5.41) is 3.03. The molecule has 1 aliphatic rings. The van der Waals surface area contributed by atoms with Gasteiger partial charge >= 0.3 is 0 Å². The van der Waals surface area contributed by atoms with Gasteiger partial charge in [0.1, 0.15) is 5.75 Å². The highest BCUT2D eigenvalue weighted by Crippen LogP contribution is 2.41. The van der Waals surface area contributed by atoms with E-state index in [9.17, 15) is 4.79 Å². The van der Waals surface area contributed by atoms with E-state index in [1.54, 1.807) is 14.0 Å². The monoisotopic (exact) mass is 284 g/mol. The maximum absolute atomic E-state index is 11.7. The van der Waals surface area contributed by atoms with Gasteiger partial charge in [0.05, 0.1) is 19.2 Å². The largest absolute Gasteiger partial charge is 0.497 e. The van der Waals surface area contributed by atoms with Gasteiger partial charge in [-0.15, -0.1) is 12.4 Å². The molecule has 1 aromatic rings. The molecule has 2 atom stereocenters. The van der Waals surface area contributed by atoms with E-state index in [0.29, 0.717) is 5.92 Å².